The van der Waals surface area contributed by atoms with Gasteiger partial charge in [-0.1, -0.05) is 12.5 Å². The molecule has 1 unspecified atom stereocenters. The van der Waals surface area contributed by atoms with Crippen molar-refractivity contribution in [1.82, 2.24) is 0 Å². The van der Waals surface area contributed by atoms with Gasteiger partial charge in [0.25, 0.3) is 0 Å². The molecule has 1 atom stereocenters. The zero-order valence-corrected chi connectivity index (χ0v) is 10.0. The van der Waals surface area contributed by atoms with Crippen LogP contribution in [-0.2, 0) is 4.79 Å². The minimum atomic E-state index is -0.737. The van der Waals surface area contributed by atoms with Crippen molar-refractivity contribution < 1.29 is 13.6 Å². The molecule has 2 rings (SSSR count). The SMILES string of the molecule is O=C(Nc1c(F)cccc1F)C1CCCCS1. The van der Waals surface area contributed by atoms with Gasteiger partial charge in [-0.3, -0.25) is 4.79 Å². The zero-order chi connectivity index (χ0) is 12.3. The van der Waals surface area contributed by atoms with Crippen LogP contribution < -0.4 is 5.32 Å². The van der Waals surface area contributed by atoms with E-state index in [1.807, 2.05) is 0 Å². The molecule has 1 aliphatic heterocycles. The number of hydrogen-bond donors (Lipinski definition) is 1. The van der Waals surface area contributed by atoms with E-state index < -0.39 is 11.6 Å². The van der Waals surface area contributed by atoms with Crippen LogP contribution >= 0.6 is 11.8 Å². The van der Waals surface area contributed by atoms with Crippen molar-refractivity contribution in [2.24, 2.45) is 0 Å². The quantitative estimate of drug-likeness (QED) is 0.881. The molecule has 1 heterocycles. The highest BCUT2D eigenvalue weighted by molar-refractivity contribution is 8.00. The predicted octanol–water partition coefficient (Wildman–Crippen LogP) is 3.19. The summed E-state index contributed by atoms with van der Waals surface area (Å²) in [5.74, 6) is -0.852. The van der Waals surface area contributed by atoms with Crippen LogP contribution in [-0.4, -0.2) is 16.9 Å². The number of rotatable bonds is 2. The highest BCUT2D eigenvalue weighted by Crippen LogP contribution is 2.27. The van der Waals surface area contributed by atoms with Crippen LogP contribution in [0.1, 0.15) is 19.3 Å². The molecule has 1 aromatic rings. The Kier molecular flexibility index (Phi) is 3.99. The predicted molar refractivity (Wildman–Crippen MR) is 65.1 cm³/mol. The van der Waals surface area contributed by atoms with Crippen molar-refractivity contribution in [3.63, 3.8) is 0 Å². The maximum absolute atomic E-state index is 13.3. The van der Waals surface area contributed by atoms with Crippen LogP contribution in [0.5, 0.6) is 0 Å². The van der Waals surface area contributed by atoms with E-state index in [0.717, 1.165) is 37.1 Å². The van der Waals surface area contributed by atoms with E-state index >= 15 is 0 Å². The Morgan fingerprint density at radius 3 is 2.59 bits per heavy atom. The van der Waals surface area contributed by atoms with Gasteiger partial charge in [0.2, 0.25) is 5.91 Å². The minimum Gasteiger partial charge on any atom is -0.320 e. The van der Waals surface area contributed by atoms with Crippen molar-refractivity contribution in [2.45, 2.75) is 24.5 Å². The number of carbonyl (C=O) groups excluding carboxylic acids is 1. The number of nitrogens with one attached hydrogen (secondary N) is 1. The Bertz CT molecular complexity index is 399. The Morgan fingerprint density at radius 2 is 2.00 bits per heavy atom. The molecule has 0 bridgehead atoms. The molecule has 0 radical (unpaired) electrons. The Balaban J connectivity index is 2.07. The molecule has 0 spiro atoms. The lowest BCUT2D eigenvalue weighted by atomic mass is 10.1. The number of anilines is 1. The molecule has 1 amide bonds. The van der Waals surface area contributed by atoms with Crippen LogP contribution in [0.25, 0.3) is 0 Å². The molecule has 92 valence electrons. The molecule has 0 aliphatic carbocycles. The molecule has 0 aromatic heterocycles. The third kappa shape index (κ3) is 2.97. The molecule has 0 saturated carbocycles. The van der Waals surface area contributed by atoms with Gasteiger partial charge in [0.05, 0.1) is 5.25 Å². The Hall–Kier alpha value is -1.10. The van der Waals surface area contributed by atoms with Crippen molar-refractivity contribution in [3.8, 4) is 0 Å². The molecule has 17 heavy (non-hydrogen) atoms. The van der Waals surface area contributed by atoms with Crippen LogP contribution in [0, 0.1) is 11.6 Å². The molecule has 1 aromatic carbocycles. The fourth-order valence-corrected chi connectivity index (χ4v) is 2.97. The third-order valence-electron chi connectivity index (χ3n) is 2.68. The highest BCUT2D eigenvalue weighted by Gasteiger charge is 2.23. The normalized spacial score (nSPS) is 20.0. The van der Waals surface area contributed by atoms with E-state index in [2.05, 4.69) is 5.32 Å². The first-order valence-corrected chi connectivity index (χ1v) is 6.60. The molecule has 1 fully saturated rings. The summed E-state index contributed by atoms with van der Waals surface area (Å²) in [7, 11) is 0. The Morgan fingerprint density at radius 1 is 1.29 bits per heavy atom. The van der Waals surface area contributed by atoms with Gasteiger partial charge in [0, 0.05) is 0 Å². The van der Waals surface area contributed by atoms with E-state index in [9.17, 15) is 13.6 Å². The number of hydrogen-bond acceptors (Lipinski definition) is 2. The molecule has 1 saturated heterocycles. The van der Waals surface area contributed by atoms with Crippen LogP contribution in [0.2, 0.25) is 0 Å². The first kappa shape index (κ1) is 12.4. The second-order valence-corrected chi connectivity index (χ2v) is 5.25. The van der Waals surface area contributed by atoms with E-state index in [1.54, 1.807) is 11.8 Å². The molecule has 5 heteroatoms. The van der Waals surface area contributed by atoms with Crippen molar-refractivity contribution in [2.75, 3.05) is 11.1 Å². The van der Waals surface area contributed by atoms with Crippen molar-refractivity contribution in [3.05, 3.63) is 29.8 Å². The molecule has 1 N–H and O–H groups in total. The van der Waals surface area contributed by atoms with Crippen LogP contribution in [0.15, 0.2) is 18.2 Å². The largest absolute Gasteiger partial charge is 0.320 e. The van der Waals surface area contributed by atoms with Gasteiger partial charge in [-0.25, -0.2) is 8.78 Å². The van der Waals surface area contributed by atoms with Gasteiger partial charge >= 0.3 is 0 Å². The first-order chi connectivity index (χ1) is 8.18. The number of halogens is 2. The van der Waals surface area contributed by atoms with E-state index in [0.29, 0.717) is 0 Å². The number of carbonyl (C=O) groups is 1. The number of amides is 1. The lowest BCUT2D eigenvalue weighted by Gasteiger charge is -2.20. The van der Waals surface area contributed by atoms with Gasteiger partial charge in [-0.05, 0) is 30.7 Å². The van der Waals surface area contributed by atoms with Crippen LogP contribution in [0.3, 0.4) is 0 Å². The summed E-state index contributed by atoms with van der Waals surface area (Å²) < 4.78 is 26.6. The maximum atomic E-state index is 13.3. The molecular weight excluding hydrogens is 244 g/mol. The van der Waals surface area contributed by atoms with E-state index in [4.69, 9.17) is 0 Å². The van der Waals surface area contributed by atoms with E-state index in [1.165, 1.54) is 6.07 Å². The fraction of sp³-hybridized carbons (Fsp3) is 0.417. The van der Waals surface area contributed by atoms with Crippen molar-refractivity contribution in [1.29, 1.82) is 0 Å². The number of para-hydroxylation sites is 1. The van der Waals surface area contributed by atoms with Gasteiger partial charge in [0.15, 0.2) is 0 Å². The van der Waals surface area contributed by atoms with Gasteiger partial charge in [-0.2, -0.15) is 0 Å². The fourth-order valence-electron chi connectivity index (χ4n) is 1.77. The number of benzene rings is 1. The molecular formula is C12H13F2NOS. The lowest BCUT2D eigenvalue weighted by molar-refractivity contribution is -0.115. The average Bonchev–Trinajstić information content (AvgIpc) is 2.35. The second-order valence-electron chi connectivity index (χ2n) is 3.94. The second kappa shape index (κ2) is 5.49. The lowest BCUT2D eigenvalue weighted by Crippen LogP contribution is -2.28. The van der Waals surface area contributed by atoms with E-state index in [-0.39, 0.29) is 16.8 Å². The van der Waals surface area contributed by atoms with Crippen molar-refractivity contribution >= 4 is 23.4 Å². The smallest absolute Gasteiger partial charge is 0.237 e. The Labute approximate surface area is 103 Å². The summed E-state index contributed by atoms with van der Waals surface area (Å²) in [6.07, 6.45) is 2.86. The zero-order valence-electron chi connectivity index (χ0n) is 9.21. The molecule has 1 aliphatic rings. The van der Waals surface area contributed by atoms with Gasteiger partial charge in [0.1, 0.15) is 17.3 Å². The average molecular weight is 257 g/mol. The van der Waals surface area contributed by atoms with Gasteiger partial charge in [-0.15, -0.1) is 11.8 Å². The summed E-state index contributed by atoms with van der Waals surface area (Å²) in [6, 6.07) is 3.54. The minimum absolute atomic E-state index is 0.192. The summed E-state index contributed by atoms with van der Waals surface area (Å²) in [4.78, 5) is 11.8. The number of thioether (sulfide) groups is 1. The first-order valence-electron chi connectivity index (χ1n) is 5.55. The topological polar surface area (TPSA) is 29.1 Å². The highest BCUT2D eigenvalue weighted by atomic mass is 32.2. The maximum Gasteiger partial charge on any atom is 0.237 e. The third-order valence-corrected chi connectivity index (χ3v) is 4.06. The summed E-state index contributed by atoms with van der Waals surface area (Å²) in [5, 5.41) is 2.15. The summed E-state index contributed by atoms with van der Waals surface area (Å²) >= 11 is 1.55. The standard InChI is InChI=1S/C12H13F2NOS/c13-8-4-3-5-9(14)11(8)15-12(16)10-6-1-2-7-17-10/h3-5,10H,1-2,6-7H2,(H,15,16). The van der Waals surface area contributed by atoms with Crippen LogP contribution in [0.4, 0.5) is 14.5 Å². The summed E-state index contributed by atoms with van der Waals surface area (Å²) in [6.45, 7) is 0. The van der Waals surface area contributed by atoms with Gasteiger partial charge < -0.3 is 5.32 Å². The monoisotopic (exact) mass is 257 g/mol. The molecule has 2 nitrogen and oxygen atoms in total. The summed E-state index contributed by atoms with van der Waals surface area (Å²) in [5.41, 5.74) is -0.344.